The molecule has 1 aromatic rings. The highest BCUT2D eigenvalue weighted by molar-refractivity contribution is 7.99. The van der Waals surface area contributed by atoms with Crippen LogP contribution in [-0.2, 0) is 10.4 Å². The molecule has 0 spiro atoms. The summed E-state index contributed by atoms with van der Waals surface area (Å²) in [7, 11) is 0. The van der Waals surface area contributed by atoms with Crippen LogP contribution in [0.4, 0.5) is 0 Å². The second kappa shape index (κ2) is 7.29. The van der Waals surface area contributed by atoms with E-state index in [0.717, 1.165) is 30.2 Å². The van der Waals surface area contributed by atoms with Crippen LogP contribution in [0.15, 0.2) is 30.3 Å². The first kappa shape index (κ1) is 16.3. The van der Waals surface area contributed by atoms with Crippen molar-refractivity contribution in [2.45, 2.75) is 25.5 Å². The summed E-state index contributed by atoms with van der Waals surface area (Å²) in [4.78, 5) is 14.4. The number of nitrogens with zero attached hydrogens (tertiary/aromatic N) is 1. The molecule has 0 bridgehead atoms. The van der Waals surface area contributed by atoms with E-state index >= 15 is 0 Å². The Morgan fingerprint density at radius 3 is 2.62 bits per heavy atom. The maximum atomic E-state index is 12.2. The highest BCUT2D eigenvalue weighted by atomic mass is 32.2. The van der Waals surface area contributed by atoms with E-state index in [9.17, 15) is 9.90 Å². The Morgan fingerprint density at radius 1 is 1.38 bits per heavy atom. The molecule has 1 aromatic carbocycles. The van der Waals surface area contributed by atoms with Crippen molar-refractivity contribution in [3.05, 3.63) is 35.9 Å². The van der Waals surface area contributed by atoms with E-state index in [0.29, 0.717) is 0 Å². The van der Waals surface area contributed by atoms with Gasteiger partial charge in [0.25, 0.3) is 0 Å². The molecule has 0 saturated carbocycles. The fraction of sp³-hybridized carbons (Fsp3) is 0.562. The van der Waals surface area contributed by atoms with E-state index in [-0.39, 0.29) is 18.5 Å². The van der Waals surface area contributed by atoms with Crippen molar-refractivity contribution in [2.24, 2.45) is 0 Å². The average molecular weight is 308 g/mol. The van der Waals surface area contributed by atoms with Crippen LogP contribution in [0.3, 0.4) is 0 Å². The minimum atomic E-state index is -1.05. The summed E-state index contributed by atoms with van der Waals surface area (Å²) in [6.45, 7) is 5.79. The fourth-order valence-corrected chi connectivity index (χ4v) is 3.37. The summed E-state index contributed by atoms with van der Waals surface area (Å²) in [6, 6.07) is 9.29. The Hall–Kier alpha value is -1.04. The third-order valence-electron chi connectivity index (χ3n) is 3.98. The highest BCUT2D eigenvalue weighted by Crippen LogP contribution is 2.19. The number of carbonyl (C=O) groups is 1. The molecule has 0 radical (unpaired) electrons. The van der Waals surface area contributed by atoms with E-state index in [4.69, 9.17) is 0 Å². The number of nitrogens with one attached hydrogen (secondary N) is 1. The quantitative estimate of drug-likeness (QED) is 0.864. The third kappa shape index (κ3) is 4.46. The van der Waals surface area contributed by atoms with E-state index in [1.807, 2.05) is 49.0 Å². The third-order valence-corrected chi connectivity index (χ3v) is 4.92. The Kier molecular flexibility index (Phi) is 5.67. The zero-order chi connectivity index (χ0) is 15.3. The van der Waals surface area contributed by atoms with Crippen molar-refractivity contribution < 1.29 is 9.90 Å². The SMILES string of the molecule is CC(C(=O)NCC(C)(O)c1ccccc1)N1CCSCC1. The van der Waals surface area contributed by atoms with E-state index in [1.54, 1.807) is 6.92 Å². The summed E-state index contributed by atoms with van der Waals surface area (Å²) in [5.74, 6) is 2.15. The molecule has 4 nitrogen and oxygen atoms in total. The monoisotopic (exact) mass is 308 g/mol. The molecule has 2 N–H and O–H groups in total. The summed E-state index contributed by atoms with van der Waals surface area (Å²) < 4.78 is 0. The van der Waals surface area contributed by atoms with Gasteiger partial charge in [-0.2, -0.15) is 11.8 Å². The van der Waals surface area contributed by atoms with Gasteiger partial charge in [0.05, 0.1) is 12.6 Å². The maximum absolute atomic E-state index is 12.2. The molecule has 2 rings (SSSR count). The van der Waals surface area contributed by atoms with Gasteiger partial charge in [-0.3, -0.25) is 9.69 Å². The van der Waals surface area contributed by atoms with Crippen molar-refractivity contribution in [1.82, 2.24) is 10.2 Å². The van der Waals surface area contributed by atoms with Gasteiger partial charge in [0, 0.05) is 24.6 Å². The molecule has 0 aromatic heterocycles. The predicted octanol–water partition coefficient (Wildman–Crippen LogP) is 1.45. The fourth-order valence-electron chi connectivity index (χ4n) is 2.44. The molecule has 1 fully saturated rings. The van der Waals surface area contributed by atoms with Gasteiger partial charge >= 0.3 is 0 Å². The first-order valence-electron chi connectivity index (χ1n) is 7.38. The summed E-state index contributed by atoms with van der Waals surface area (Å²) in [6.07, 6.45) is 0. The van der Waals surface area contributed by atoms with E-state index < -0.39 is 5.60 Å². The molecule has 1 heterocycles. The van der Waals surface area contributed by atoms with E-state index in [2.05, 4.69) is 10.2 Å². The van der Waals surface area contributed by atoms with Crippen LogP contribution >= 0.6 is 11.8 Å². The van der Waals surface area contributed by atoms with Gasteiger partial charge in [-0.15, -0.1) is 0 Å². The summed E-state index contributed by atoms with van der Waals surface area (Å²) in [5.41, 5.74) is -0.235. The van der Waals surface area contributed by atoms with Crippen molar-refractivity contribution >= 4 is 17.7 Å². The zero-order valence-corrected chi connectivity index (χ0v) is 13.5. The topological polar surface area (TPSA) is 52.6 Å². The number of hydrogen-bond acceptors (Lipinski definition) is 4. The minimum Gasteiger partial charge on any atom is -0.384 e. The van der Waals surface area contributed by atoms with Crippen LogP contribution in [-0.4, -0.2) is 53.1 Å². The number of thioether (sulfide) groups is 1. The van der Waals surface area contributed by atoms with E-state index in [1.165, 1.54) is 0 Å². The minimum absolute atomic E-state index is 0.0156. The molecule has 1 saturated heterocycles. The van der Waals surface area contributed by atoms with Crippen LogP contribution in [0.5, 0.6) is 0 Å². The zero-order valence-electron chi connectivity index (χ0n) is 12.7. The molecule has 5 heteroatoms. The number of benzene rings is 1. The highest BCUT2D eigenvalue weighted by Gasteiger charge is 2.27. The number of rotatable bonds is 5. The predicted molar refractivity (Wildman–Crippen MR) is 87.4 cm³/mol. The molecule has 21 heavy (non-hydrogen) atoms. The van der Waals surface area contributed by atoms with Crippen molar-refractivity contribution in [2.75, 3.05) is 31.1 Å². The number of aliphatic hydroxyl groups is 1. The Labute approximate surface area is 130 Å². The number of amides is 1. The van der Waals surface area contributed by atoms with Crippen LogP contribution in [0, 0.1) is 0 Å². The Bertz CT molecular complexity index is 459. The smallest absolute Gasteiger partial charge is 0.237 e. The van der Waals surface area contributed by atoms with Gasteiger partial charge < -0.3 is 10.4 Å². The van der Waals surface area contributed by atoms with Gasteiger partial charge in [0.2, 0.25) is 5.91 Å². The van der Waals surface area contributed by atoms with Gasteiger partial charge in [-0.25, -0.2) is 0 Å². The second-order valence-corrected chi connectivity index (χ2v) is 6.91. The molecule has 2 atom stereocenters. The van der Waals surface area contributed by atoms with Crippen LogP contribution in [0.25, 0.3) is 0 Å². The number of carbonyl (C=O) groups excluding carboxylic acids is 1. The molecular formula is C16H24N2O2S. The Balaban J connectivity index is 1.88. The largest absolute Gasteiger partial charge is 0.384 e. The van der Waals surface area contributed by atoms with Gasteiger partial charge in [-0.05, 0) is 19.4 Å². The molecule has 0 aliphatic carbocycles. The lowest BCUT2D eigenvalue weighted by Gasteiger charge is -2.32. The molecule has 116 valence electrons. The summed E-state index contributed by atoms with van der Waals surface area (Å²) >= 11 is 1.93. The molecule has 1 amide bonds. The number of hydrogen-bond donors (Lipinski definition) is 2. The first-order chi connectivity index (χ1) is 10.0. The lowest BCUT2D eigenvalue weighted by molar-refractivity contribution is -0.127. The maximum Gasteiger partial charge on any atom is 0.237 e. The molecular weight excluding hydrogens is 284 g/mol. The van der Waals surface area contributed by atoms with Crippen molar-refractivity contribution in [3.8, 4) is 0 Å². The van der Waals surface area contributed by atoms with Crippen LogP contribution in [0.2, 0.25) is 0 Å². The Morgan fingerprint density at radius 2 is 2.00 bits per heavy atom. The second-order valence-electron chi connectivity index (χ2n) is 5.68. The van der Waals surface area contributed by atoms with Crippen LogP contribution in [0.1, 0.15) is 19.4 Å². The first-order valence-corrected chi connectivity index (χ1v) is 8.53. The van der Waals surface area contributed by atoms with Crippen molar-refractivity contribution in [1.29, 1.82) is 0 Å². The lowest BCUT2D eigenvalue weighted by Crippen LogP contribution is -2.50. The van der Waals surface area contributed by atoms with Gasteiger partial charge in [-0.1, -0.05) is 30.3 Å². The van der Waals surface area contributed by atoms with Crippen LogP contribution < -0.4 is 5.32 Å². The molecule has 1 aliphatic rings. The normalized spacial score (nSPS) is 20.5. The van der Waals surface area contributed by atoms with Crippen molar-refractivity contribution in [3.63, 3.8) is 0 Å². The van der Waals surface area contributed by atoms with Gasteiger partial charge in [0.15, 0.2) is 0 Å². The lowest BCUT2D eigenvalue weighted by atomic mass is 9.96. The standard InChI is InChI=1S/C16H24N2O2S/c1-13(18-8-10-21-11-9-18)15(19)17-12-16(2,20)14-6-4-3-5-7-14/h3-7,13,20H,8-12H2,1-2H3,(H,17,19). The average Bonchev–Trinajstić information content (AvgIpc) is 2.53. The van der Waals surface area contributed by atoms with Gasteiger partial charge in [0.1, 0.15) is 5.60 Å². The summed E-state index contributed by atoms with van der Waals surface area (Å²) in [5, 5.41) is 13.4. The molecule has 1 aliphatic heterocycles. The molecule has 2 unspecified atom stereocenters.